The molecule has 2 heterocycles. The summed E-state index contributed by atoms with van der Waals surface area (Å²) in [6.45, 7) is 2.92. The second kappa shape index (κ2) is 4.12. The number of hydrogen-bond donors (Lipinski definition) is 1. The first-order chi connectivity index (χ1) is 7.22. The summed E-state index contributed by atoms with van der Waals surface area (Å²) in [5, 5.41) is 4.19. The molecule has 0 aliphatic rings. The van der Waals surface area contributed by atoms with E-state index in [0.29, 0.717) is 0 Å². The smallest absolute Gasteiger partial charge is 0.142 e. The van der Waals surface area contributed by atoms with Gasteiger partial charge < -0.3 is 9.88 Å². The number of nitrogens with one attached hydrogen (secondary N) is 1. The van der Waals surface area contributed by atoms with E-state index < -0.39 is 0 Å². The molecule has 2 rings (SSSR count). The van der Waals surface area contributed by atoms with Gasteiger partial charge in [0.15, 0.2) is 0 Å². The number of aryl methyl sites for hydroxylation is 2. The molecule has 0 unspecified atom stereocenters. The van der Waals surface area contributed by atoms with E-state index in [1.807, 2.05) is 31.8 Å². The van der Waals surface area contributed by atoms with Crippen LogP contribution in [0.1, 0.15) is 10.6 Å². The summed E-state index contributed by atoms with van der Waals surface area (Å²) in [5.74, 6) is 0. The average molecular weight is 222 g/mol. The van der Waals surface area contributed by atoms with Gasteiger partial charge >= 0.3 is 0 Å². The van der Waals surface area contributed by atoms with E-state index in [2.05, 4.69) is 15.3 Å². The molecule has 0 amide bonds. The molecule has 0 bridgehead atoms. The fraction of sp³-hybridized carbons (Fsp3) is 0.400. The van der Waals surface area contributed by atoms with Crippen LogP contribution in [-0.4, -0.2) is 21.6 Å². The molecule has 0 spiro atoms. The molecule has 15 heavy (non-hydrogen) atoms. The van der Waals surface area contributed by atoms with Gasteiger partial charge in [0.1, 0.15) is 5.01 Å². The van der Waals surface area contributed by atoms with Gasteiger partial charge in [0.2, 0.25) is 0 Å². The highest BCUT2D eigenvalue weighted by molar-refractivity contribution is 7.15. The van der Waals surface area contributed by atoms with Crippen molar-refractivity contribution in [1.29, 1.82) is 0 Å². The number of thiazole rings is 1. The van der Waals surface area contributed by atoms with Gasteiger partial charge in [0.25, 0.3) is 0 Å². The van der Waals surface area contributed by atoms with E-state index in [1.165, 1.54) is 4.88 Å². The molecule has 0 aliphatic carbocycles. The van der Waals surface area contributed by atoms with E-state index >= 15 is 0 Å². The zero-order valence-corrected chi connectivity index (χ0v) is 9.93. The first-order valence-electron chi connectivity index (χ1n) is 4.80. The summed E-state index contributed by atoms with van der Waals surface area (Å²) in [6.07, 6.45) is 3.64. The Kier molecular flexibility index (Phi) is 2.83. The van der Waals surface area contributed by atoms with E-state index in [-0.39, 0.29) is 0 Å². The predicted octanol–water partition coefficient (Wildman–Crippen LogP) is 1.57. The molecule has 5 heteroatoms. The molecule has 0 aromatic carbocycles. The maximum absolute atomic E-state index is 4.55. The highest BCUT2D eigenvalue weighted by Gasteiger charge is 2.10. The zero-order chi connectivity index (χ0) is 10.8. The van der Waals surface area contributed by atoms with E-state index in [0.717, 1.165) is 22.9 Å². The summed E-state index contributed by atoms with van der Waals surface area (Å²) in [4.78, 5) is 9.93. The van der Waals surface area contributed by atoms with Crippen LogP contribution in [0, 0.1) is 6.92 Å². The molecule has 1 N–H and O–H groups in total. The average Bonchev–Trinajstić information content (AvgIpc) is 2.75. The Morgan fingerprint density at radius 1 is 1.53 bits per heavy atom. The van der Waals surface area contributed by atoms with Crippen molar-refractivity contribution in [2.24, 2.45) is 7.05 Å². The van der Waals surface area contributed by atoms with Gasteiger partial charge in [0, 0.05) is 18.5 Å². The van der Waals surface area contributed by atoms with Crippen LogP contribution in [0.25, 0.3) is 10.7 Å². The molecule has 0 fully saturated rings. The molecule has 0 radical (unpaired) electrons. The van der Waals surface area contributed by atoms with Crippen molar-refractivity contribution in [3.63, 3.8) is 0 Å². The summed E-state index contributed by atoms with van der Waals surface area (Å²) >= 11 is 1.72. The third-order valence-electron chi connectivity index (χ3n) is 2.27. The van der Waals surface area contributed by atoms with Gasteiger partial charge in [-0.2, -0.15) is 0 Å². The standard InChI is InChI=1S/C10H14N4S/c1-7-9(5-11-2)15-10(13-7)8-4-12-6-14(8)3/h4,6,11H,5H2,1-3H3. The molecule has 0 saturated heterocycles. The van der Waals surface area contributed by atoms with Gasteiger partial charge in [0.05, 0.1) is 23.9 Å². The number of rotatable bonds is 3. The molecule has 4 nitrogen and oxygen atoms in total. The molecule has 0 aliphatic heterocycles. The van der Waals surface area contributed by atoms with Crippen LogP contribution in [0.2, 0.25) is 0 Å². The van der Waals surface area contributed by atoms with Crippen LogP contribution in [-0.2, 0) is 13.6 Å². The minimum absolute atomic E-state index is 0.876. The van der Waals surface area contributed by atoms with Crippen LogP contribution in [0.4, 0.5) is 0 Å². The van der Waals surface area contributed by atoms with E-state index in [9.17, 15) is 0 Å². The predicted molar refractivity (Wildman–Crippen MR) is 61.8 cm³/mol. The fourth-order valence-corrected chi connectivity index (χ4v) is 2.55. The summed E-state index contributed by atoms with van der Waals surface area (Å²) in [6, 6.07) is 0. The van der Waals surface area contributed by atoms with Crippen LogP contribution < -0.4 is 5.32 Å². The molecule has 2 aromatic rings. The highest BCUT2D eigenvalue weighted by atomic mass is 32.1. The highest BCUT2D eigenvalue weighted by Crippen LogP contribution is 2.26. The minimum Gasteiger partial charge on any atom is -0.332 e. The number of nitrogens with zero attached hydrogens (tertiary/aromatic N) is 3. The van der Waals surface area contributed by atoms with E-state index in [1.54, 1.807) is 17.7 Å². The second-order valence-electron chi connectivity index (χ2n) is 3.45. The number of imidazole rings is 1. The summed E-state index contributed by atoms with van der Waals surface area (Å²) in [7, 11) is 3.93. The zero-order valence-electron chi connectivity index (χ0n) is 9.11. The topological polar surface area (TPSA) is 42.7 Å². The molecule has 0 atom stereocenters. The first kappa shape index (κ1) is 10.3. The monoisotopic (exact) mass is 222 g/mol. The van der Waals surface area contributed by atoms with Crippen molar-refractivity contribution in [2.45, 2.75) is 13.5 Å². The lowest BCUT2D eigenvalue weighted by molar-refractivity contribution is 0.822. The lowest BCUT2D eigenvalue weighted by atomic mass is 10.4. The van der Waals surface area contributed by atoms with Crippen LogP contribution in [0.3, 0.4) is 0 Å². The molecule has 0 saturated carbocycles. The lowest BCUT2D eigenvalue weighted by Crippen LogP contribution is -2.04. The second-order valence-corrected chi connectivity index (χ2v) is 4.53. The van der Waals surface area contributed by atoms with Gasteiger partial charge in [-0.1, -0.05) is 0 Å². The van der Waals surface area contributed by atoms with Gasteiger partial charge in [-0.3, -0.25) is 0 Å². The van der Waals surface area contributed by atoms with Gasteiger partial charge in [-0.15, -0.1) is 11.3 Å². The molecular formula is C10H14N4S. The van der Waals surface area contributed by atoms with Crippen LogP contribution in [0.5, 0.6) is 0 Å². The summed E-state index contributed by atoms with van der Waals surface area (Å²) in [5.41, 5.74) is 2.18. The molecule has 80 valence electrons. The largest absolute Gasteiger partial charge is 0.332 e. The van der Waals surface area contributed by atoms with Crippen LogP contribution in [0.15, 0.2) is 12.5 Å². The third-order valence-corrected chi connectivity index (χ3v) is 3.45. The SMILES string of the molecule is CNCc1sc(-c2cncn2C)nc1C. The lowest BCUT2D eigenvalue weighted by Gasteiger charge is -1.95. The fourth-order valence-electron chi connectivity index (χ4n) is 1.43. The van der Waals surface area contributed by atoms with E-state index in [4.69, 9.17) is 0 Å². The quantitative estimate of drug-likeness (QED) is 0.857. The van der Waals surface area contributed by atoms with Crippen molar-refractivity contribution in [1.82, 2.24) is 19.9 Å². The Morgan fingerprint density at radius 3 is 2.93 bits per heavy atom. The van der Waals surface area contributed by atoms with Crippen LogP contribution >= 0.6 is 11.3 Å². The Morgan fingerprint density at radius 2 is 2.33 bits per heavy atom. The van der Waals surface area contributed by atoms with Crippen molar-refractivity contribution >= 4 is 11.3 Å². The maximum Gasteiger partial charge on any atom is 0.142 e. The third kappa shape index (κ3) is 1.93. The van der Waals surface area contributed by atoms with Crippen molar-refractivity contribution in [3.05, 3.63) is 23.1 Å². The van der Waals surface area contributed by atoms with Gasteiger partial charge in [-0.25, -0.2) is 9.97 Å². The Hall–Kier alpha value is -1.20. The first-order valence-corrected chi connectivity index (χ1v) is 5.61. The normalized spacial score (nSPS) is 10.9. The minimum atomic E-state index is 0.876. The Bertz CT molecular complexity index is 458. The Labute approximate surface area is 93.0 Å². The summed E-state index contributed by atoms with van der Waals surface area (Å²) < 4.78 is 1.99. The number of hydrogen-bond acceptors (Lipinski definition) is 4. The number of aromatic nitrogens is 3. The van der Waals surface area contributed by atoms with Crippen molar-refractivity contribution in [2.75, 3.05) is 7.05 Å². The van der Waals surface area contributed by atoms with Crippen molar-refractivity contribution < 1.29 is 0 Å². The molecule has 2 aromatic heterocycles. The van der Waals surface area contributed by atoms with Crippen molar-refractivity contribution in [3.8, 4) is 10.7 Å². The molecular weight excluding hydrogens is 208 g/mol. The Balaban J connectivity index is 2.38. The maximum atomic E-state index is 4.55. The van der Waals surface area contributed by atoms with Gasteiger partial charge in [-0.05, 0) is 14.0 Å².